The largest absolute Gasteiger partial charge is 0.496 e. The molecule has 0 spiro atoms. The highest BCUT2D eigenvalue weighted by molar-refractivity contribution is 8.00. The predicted octanol–water partition coefficient (Wildman–Crippen LogP) is 5.41. The smallest absolute Gasteiger partial charge is 0.277 e. The summed E-state index contributed by atoms with van der Waals surface area (Å²) in [6.45, 7) is 8.29. The molecule has 0 saturated heterocycles. The Bertz CT molecular complexity index is 958. The van der Waals surface area contributed by atoms with Crippen LogP contribution < -0.4 is 4.74 Å². The van der Waals surface area contributed by atoms with Crippen molar-refractivity contribution < 1.29 is 13.9 Å². The summed E-state index contributed by atoms with van der Waals surface area (Å²) in [5.41, 5.74) is 2.65. The number of Topliss-reactive ketones (excluding diaryl/α,β-unsaturated/α-hetero) is 1. The van der Waals surface area contributed by atoms with Gasteiger partial charge in [0.2, 0.25) is 0 Å². The van der Waals surface area contributed by atoms with Crippen molar-refractivity contribution in [2.75, 3.05) is 7.11 Å². The number of hydrogen-bond acceptors (Lipinski definition) is 6. The highest BCUT2D eigenvalue weighted by Crippen LogP contribution is 2.32. The van der Waals surface area contributed by atoms with Crippen LogP contribution >= 0.6 is 11.8 Å². The molecular weight excluding hydrogens is 372 g/mol. The highest BCUT2D eigenvalue weighted by Gasteiger charge is 2.22. The zero-order valence-electron chi connectivity index (χ0n) is 16.7. The lowest BCUT2D eigenvalue weighted by atomic mass is 9.86. The SMILES string of the molecule is COc1ccccc1-c1nnc(S[C@@H](C)C(=O)c2ccc(C(C)(C)C)cc2)o1. The van der Waals surface area contributed by atoms with Crippen molar-refractivity contribution in [3.05, 3.63) is 59.7 Å². The van der Waals surface area contributed by atoms with Gasteiger partial charge in [0.1, 0.15) is 5.75 Å². The molecule has 1 aromatic heterocycles. The van der Waals surface area contributed by atoms with Crippen LogP contribution in [0.3, 0.4) is 0 Å². The van der Waals surface area contributed by atoms with Crippen molar-refractivity contribution >= 4 is 17.5 Å². The van der Waals surface area contributed by atoms with Crippen molar-refractivity contribution in [3.63, 3.8) is 0 Å². The minimum Gasteiger partial charge on any atom is -0.496 e. The van der Waals surface area contributed by atoms with Gasteiger partial charge in [0.25, 0.3) is 11.1 Å². The normalized spacial score (nSPS) is 12.6. The van der Waals surface area contributed by atoms with Gasteiger partial charge in [-0.05, 0) is 30.0 Å². The number of hydrogen-bond donors (Lipinski definition) is 0. The number of rotatable bonds is 6. The Kier molecular flexibility index (Phi) is 5.89. The van der Waals surface area contributed by atoms with Crippen LogP contribution in [0.2, 0.25) is 0 Å². The fourth-order valence-electron chi connectivity index (χ4n) is 2.76. The molecule has 1 heterocycles. The Morgan fingerprint density at radius 3 is 2.39 bits per heavy atom. The maximum absolute atomic E-state index is 12.8. The summed E-state index contributed by atoms with van der Waals surface area (Å²) in [5, 5.41) is 8.17. The number of ether oxygens (including phenoxy) is 1. The van der Waals surface area contributed by atoms with Gasteiger partial charge in [-0.1, -0.05) is 68.9 Å². The Hall–Kier alpha value is -2.60. The third-order valence-corrected chi connectivity index (χ3v) is 5.36. The van der Waals surface area contributed by atoms with Crippen LogP contribution in [0.5, 0.6) is 5.75 Å². The van der Waals surface area contributed by atoms with Crippen molar-refractivity contribution in [1.29, 1.82) is 0 Å². The number of para-hydroxylation sites is 1. The molecule has 2 aromatic carbocycles. The number of methoxy groups -OCH3 is 1. The van der Waals surface area contributed by atoms with Gasteiger partial charge in [-0.3, -0.25) is 4.79 Å². The average Bonchev–Trinajstić information content (AvgIpc) is 3.15. The molecule has 0 N–H and O–H groups in total. The van der Waals surface area contributed by atoms with E-state index in [0.29, 0.717) is 22.4 Å². The van der Waals surface area contributed by atoms with Crippen molar-refractivity contribution in [3.8, 4) is 17.2 Å². The molecule has 3 aromatic rings. The number of aromatic nitrogens is 2. The van der Waals surface area contributed by atoms with Gasteiger partial charge in [-0.25, -0.2) is 0 Å². The van der Waals surface area contributed by atoms with Crippen molar-refractivity contribution in [1.82, 2.24) is 10.2 Å². The van der Waals surface area contributed by atoms with Crippen LogP contribution in [0.4, 0.5) is 0 Å². The summed E-state index contributed by atoms with van der Waals surface area (Å²) in [5.74, 6) is 1.06. The molecule has 0 aliphatic carbocycles. The molecule has 0 amide bonds. The van der Waals surface area contributed by atoms with E-state index in [1.165, 1.54) is 17.3 Å². The van der Waals surface area contributed by atoms with Gasteiger partial charge in [0.05, 0.1) is 17.9 Å². The first-order chi connectivity index (χ1) is 13.3. The quantitative estimate of drug-likeness (QED) is 0.410. The van der Waals surface area contributed by atoms with Gasteiger partial charge < -0.3 is 9.15 Å². The van der Waals surface area contributed by atoms with Crippen LogP contribution in [0, 0.1) is 0 Å². The molecule has 3 rings (SSSR count). The zero-order valence-corrected chi connectivity index (χ0v) is 17.5. The van der Waals surface area contributed by atoms with Gasteiger partial charge in [-0.15, -0.1) is 10.2 Å². The van der Waals surface area contributed by atoms with E-state index in [-0.39, 0.29) is 16.4 Å². The summed E-state index contributed by atoms with van der Waals surface area (Å²) in [6.07, 6.45) is 0. The van der Waals surface area contributed by atoms with Gasteiger partial charge in [0, 0.05) is 5.56 Å². The number of ketones is 1. The second-order valence-corrected chi connectivity index (χ2v) is 8.82. The van der Waals surface area contributed by atoms with E-state index in [2.05, 4.69) is 31.0 Å². The van der Waals surface area contributed by atoms with Gasteiger partial charge in [0.15, 0.2) is 5.78 Å². The third kappa shape index (κ3) is 4.44. The molecule has 0 radical (unpaired) electrons. The summed E-state index contributed by atoms with van der Waals surface area (Å²) >= 11 is 1.25. The van der Waals surface area contributed by atoms with Crippen LogP contribution in [0.1, 0.15) is 43.6 Å². The van der Waals surface area contributed by atoms with Gasteiger partial charge in [-0.2, -0.15) is 0 Å². The molecule has 0 fully saturated rings. The molecule has 0 unspecified atom stereocenters. The second kappa shape index (κ2) is 8.19. The van der Waals surface area contributed by atoms with Crippen molar-refractivity contribution in [2.45, 2.75) is 43.6 Å². The molecule has 146 valence electrons. The maximum atomic E-state index is 12.8. The predicted molar refractivity (Wildman–Crippen MR) is 111 cm³/mol. The number of nitrogens with zero attached hydrogens (tertiary/aromatic N) is 2. The minimum absolute atomic E-state index is 0.0301. The monoisotopic (exact) mass is 396 g/mol. The molecular formula is C22H24N2O3S. The number of thioether (sulfide) groups is 1. The first-order valence-corrected chi connectivity index (χ1v) is 9.96. The second-order valence-electron chi connectivity index (χ2n) is 7.53. The number of carbonyl (C=O) groups excluding carboxylic acids is 1. The lowest BCUT2D eigenvalue weighted by Gasteiger charge is -2.19. The van der Waals surface area contributed by atoms with E-state index in [1.54, 1.807) is 7.11 Å². The van der Waals surface area contributed by atoms with E-state index in [0.717, 1.165) is 5.56 Å². The van der Waals surface area contributed by atoms with Crippen LogP contribution in [0.15, 0.2) is 58.2 Å². The zero-order chi connectivity index (χ0) is 20.3. The Balaban J connectivity index is 1.72. The first-order valence-electron chi connectivity index (χ1n) is 9.08. The van der Waals surface area contributed by atoms with Crippen LogP contribution in [0.25, 0.3) is 11.5 Å². The lowest BCUT2D eigenvalue weighted by Crippen LogP contribution is -2.15. The summed E-state index contributed by atoms with van der Waals surface area (Å²) in [7, 11) is 1.59. The Morgan fingerprint density at radius 2 is 1.75 bits per heavy atom. The van der Waals surface area contributed by atoms with E-state index < -0.39 is 0 Å². The number of benzene rings is 2. The summed E-state index contributed by atoms with van der Waals surface area (Å²) < 4.78 is 11.1. The maximum Gasteiger partial charge on any atom is 0.277 e. The summed E-state index contributed by atoms with van der Waals surface area (Å²) in [4.78, 5) is 12.8. The molecule has 0 aliphatic heterocycles. The standard InChI is InChI=1S/C22H24N2O3S/c1-14(19(25)15-10-12-16(13-11-15)22(2,3)4)28-21-24-23-20(27-21)17-8-6-7-9-18(17)26-5/h6-14H,1-5H3/t14-/m0/s1. The molecule has 0 saturated carbocycles. The van der Waals surface area contributed by atoms with Gasteiger partial charge >= 0.3 is 0 Å². The molecule has 0 aliphatic rings. The Morgan fingerprint density at radius 1 is 1.07 bits per heavy atom. The van der Waals surface area contributed by atoms with E-state index >= 15 is 0 Å². The topological polar surface area (TPSA) is 65.2 Å². The highest BCUT2D eigenvalue weighted by atomic mass is 32.2. The fourth-order valence-corrected chi connectivity index (χ4v) is 3.52. The molecule has 5 nitrogen and oxygen atoms in total. The average molecular weight is 397 g/mol. The fraction of sp³-hybridized carbons (Fsp3) is 0.318. The number of carbonyl (C=O) groups is 1. The molecule has 0 bridgehead atoms. The third-order valence-electron chi connectivity index (χ3n) is 4.43. The summed E-state index contributed by atoms with van der Waals surface area (Å²) in [6, 6.07) is 15.2. The van der Waals surface area contributed by atoms with Crippen LogP contribution in [-0.4, -0.2) is 28.3 Å². The lowest BCUT2D eigenvalue weighted by molar-refractivity contribution is 0.0993. The van der Waals surface area contributed by atoms with E-state index in [4.69, 9.17) is 9.15 Å². The Labute approximate surface area is 169 Å². The van der Waals surface area contributed by atoms with E-state index in [1.807, 2.05) is 55.5 Å². The van der Waals surface area contributed by atoms with E-state index in [9.17, 15) is 4.79 Å². The first kappa shape index (κ1) is 20.1. The van der Waals surface area contributed by atoms with Crippen LogP contribution in [-0.2, 0) is 5.41 Å². The molecule has 1 atom stereocenters. The van der Waals surface area contributed by atoms with Crippen molar-refractivity contribution in [2.24, 2.45) is 0 Å². The molecule has 6 heteroatoms. The molecule has 28 heavy (non-hydrogen) atoms. The minimum atomic E-state index is -0.341.